The van der Waals surface area contributed by atoms with Crippen molar-refractivity contribution >= 4 is 0 Å². The lowest BCUT2D eigenvalue weighted by atomic mass is 9.65. The topological polar surface area (TPSA) is 23.8 Å². The van der Waals surface area contributed by atoms with Gasteiger partial charge in [0.25, 0.3) is 0 Å². The van der Waals surface area contributed by atoms with E-state index in [9.17, 15) is 0 Å². The Labute approximate surface area is 62.0 Å². The third-order valence-electron chi connectivity index (χ3n) is 2.97. The van der Waals surface area contributed by atoms with E-state index in [4.69, 9.17) is 5.26 Å². The third kappa shape index (κ3) is 0.794. The SMILES string of the molecule is N#C[C@H]1CC2CC[C+]1CC2. The average Bonchev–Trinajstić information content (AvgIpc) is 2.06. The summed E-state index contributed by atoms with van der Waals surface area (Å²) < 4.78 is 0. The normalized spacial score (nSPS) is 37.7. The molecule has 3 aliphatic rings. The lowest BCUT2D eigenvalue weighted by Gasteiger charge is -2.30. The molecule has 3 fully saturated rings. The molecule has 3 aliphatic carbocycles. The highest BCUT2D eigenvalue weighted by atomic mass is 14.4. The molecule has 0 aromatic rings. The van der Waals surface area contributed by atoms with Crippen LogP contribution in [-0.2, 0) is 0 Å². The van der Waals surface area contributed by atoms with E-state index in [1.807, 2.05) is 0 Å². The Hall–Kier alpha value is -0.640. The monoisotopic (exact) mass is 134 g/mol. The van der Waals surface area contributed by atoms with Gasteiger partial charge >= 0.3 is 0 Å². The summed E-state index contributed by atoms with van der Waals surface area (Å²) in [5, 5.41) is 8.74. The Balaban J connectivity index is 2.09. The number of fused-ring (bicyclic) bond motifs is 3. The van der Waals surface area contributed by atoms with Crippen LogP contribution in [0.1, 0.15) is 32.1 Å². The Morgan fingerprint density at radius 3 is 2.30 bits per heavy atom. The van der Waals surface area contributed by atoms with E-state index in [0.717, 1.165) is 5.92 Å². The molecule has 0 heterocycles. The summed E-state index contributed by atoms with van der Waals surface area (Å²) >= 11 is 0. The van der Waals surface area contributed by atoms with Crippen LogP contribution in [0.2, 0.25) is 0 Å². The molecule has 0 aliphatic heterocycles. The van der Waals surface area contributed by atoms with Gasteiger partial charge in [0, 0.05) is 6.42 Å². The molecule has 0 N–H and O–H groups in total. The first-order valence-electron chi connectivity index (χ1n) is 4.14. The van der Waals surface area contributed by atoms with Gasteiger partial charge in [0.1, 0.15) is 12.0 Å². The van der Waals surface area contributed by atoms with Crippen LogP contribution in [0.25, 0.3) is 0 Å². The van der Waals surface area contributed by atoms with Crippen LogP contribution in [0.3, 0.4) is 0 Å². The second kappa shape index (κ2) is 2.20. The summed E-state index contributed by atoms with van der Waals surface area (Å²) in [6, 6.07) is 2.40. The molecule has 1 nitrogen and oxygen atoms in total. The van der Waals surface area contributed by atoms with Crippen molar-refractivity contribution in [3.8, 4) is 6.07 Å². The Morgan fingerprint density at radius 1 is 1.30 bits per heavy atom. The summed E-state index contributed by atoms with van der Waals surface area (Å²) in [7, 11) is 0. The molecule has 0 unspecified atom stereocenters. The molecule has 0 spiro atoms. The first kappa shape index (κ1) is 6.09. The van der Waals surface area contributed by atoms with Crippen molar-refractivity contribution in [1.82, 2.24) is 0 Å². The van der Waals surface area contributed by atoms with Gasteiger partial charge in [-0.1, -0.05) is 0 Å². The molecular weight excluding hydrogens is 122 g/mol. The van der Waals surface area contributed by atoms with E-state index >= 15 is 0 Å². The second-order valence-electron chi connectivity index (χ2n) is 3.52. The average molecular weight is 134 g/mol. The summed E-state index contributed by atoms with van der Waals surface area (Å²) in [6.07, 6.45) is 6.42. The number of rotatable bonds is 0. The lowest BCUT2D eigenvalue weighted by Crippen LogP contribution is -2.28. The van der Waals surface area contributed by atoms with E-state index < -0.39 is 0 Å². The van der Waals surface area contributed by atoms with Crippen molar-refractivity contribution in [3.05, 3.63) is 5.92 Å². The van der Waals surface area contributed by atoms with Gasteiger partial charge in [0.15, 0.2) is 5.92 Å². The van der Waals surface area contributed by atoms with Crippen molar-refractivity contribution in [2.45, 2.75) is 32.1 Å². The number of nitrogens with zero attached hydrogens (tertiary/aromatic N) is 1. The molecule has 52 valence electrons. The van der Waals surface area contributed by atoms with Gasteiger partial charge in [-0.3, -0.25) is 0 Å². The van der Waals surface area contributed by atoms with Crippen LogP contribution in [0.4, 0.5) is 0 Å². The van der Waals surface area contributed by atoms with Crippen LogP contribution in [-0.4, -0.2) is 0 Å². The zero-order valence-corrected chi connectivity index (χ0v) is 6.14. The van der Waals surface area contributed by atoms with E-state index in [1.54, 1.807) is 5.92 Å². The zero-order valence-electron chi connectivity index (χ0n) is 6.14. The van der Waals surface area contributed by atoms with E-state index in [0.29, 0.717) is 5.92 Å². The first-order chi connectivity index (χ1) is 4.90. The minimum Gasteiger partial charge on any atom is -0.193 e. The predicted molar refractivity (Wildman–Crippen MR) is 38.9 cm³/mol. The molecule has 1 atom stereocenters. The van der Waals surface area contributed by atoms with Crippen LogP contribution < -0.4 is 0 Å². The fourth-order valence-electron chi connectivity index (χ4n) is 2.28. The smallest absolute Gasteiger partial charge is 0.185 e. The minimum absolute atomic E-state index is 0.340. The second-order valence-corrected chi connectivity index (χ2v) is 3.52. The largest absolute Gasteiger partial charge is 0.193 e. The summed E-state index contributed by atoms with van der Waals surface area (Å²) in [4.78, 5) is 0. The van der Waals surface area contributed by atoms with Crippen LogP contribution in [0, 0.1) is 29.1 Å². The zero-order chi connectivity index (χ0) is 6.97. The van der Waals surface area contributed by atoms with Gasteiger partial charge < -0.3 is 0 Å². The van der Waals surface area contributed by atoms with Crippen LogP contribution >= 0.6 is 0 Å². The summed E-state index contributed by atoms with van der Waals surface area (Å²) in [5.74, 6) is 2.78. The highest BCUT2D eigenvalue weighted by molar-refractivity contribution is 5.13. The van der Waals surface area contributed by atoms with Gasteiger partial charge in [-0.05, 0) is 18.8 Å². The molecule has 1 heteroatoms. The van der Waals surface area contributed by atoms with E-state index in [2.05, 4.69) is 6.07 Å². The van der Waals surface area contributed by atoms with E-state index in [-0.39, 0.29) is 0 Å². The molecule has 10 heavy (non-hydrogen) atoms. The fraction of sp³-hybridized carbons (Fsp3) is 0.778. The van der Waals surface area contributed by atoms with Crippen LogP contribution in [0.5, 0.6) is 0 Å². The van der Waals surface area contributed by atoms with Crippen molar-refractivity contribution < 1.29 is 0 Å². The minimum atomic E-state index is 0.340. The Bertz CT molecular complexity index is 160. The summed E-state index contributed by atoms with van der Waals surface area (Å²) in [6.45, 7) is 0. The molecule has 0 radical (unpaired) electrons. The van der Waals surface area contributed by atoms with Gasteiger partial charge in [-0.25, -0.2) is 0 Å². The highest BCUT2D eigenvalue weighted by Gasteiger charge is 2.44. The molecule has 0 aromatic heterocycles. The third-order valence-corrected chi connectivity index (χ3v) is 2.97. The number of nitriles is 1. The van der Waals surface area contributed by atoms with Crippen molar-refractivity contribution in [2.75, 3.05) is 0 Å². The number of hydrogen-bond donors (Lipinski definition) is 0. The highest BCUT2D eigenvalue weighted by Crippen LogP contribution is 2.45. The molecule has 3 saturated carbocycles. The van der Waals surface area contributed by atoms with Gasteiger partial charge in [0.2, 0.25) is 0 Å². The standard InChI is InChI=1S/C9H12N/c10-6-9-5-7-1-3-8(9)4-2-7/h7,9H,1-5H2/q+1/t9-/m1/s1. The maximum atomic E-state index is 8.74. The van der Waals surface area contributed by atoms with Crippen molar-refractivity contribution in [2.24, 2.45) is 11.8 Å². The molecule has 0 aromatic carbocycles. The molecule has 0 amide bonds. The fourth-order valence-corrected chi connectivity index (χ4v) is 2.28. The number of hydrogen-bond acceptors (Lipinski definition) is 1. The molecule has 2 bridgehead atoms. The maximum Gasteiger partial charge on any atom is 0.185 e. The Morgan fingerprint density at radius 2 is 2.00 bits per heavy atom. The van der Waals surface area contributed by atoms with Gasteiger partial charge in [-0.15, -0.1) is 0 Å². The molecular formula is C9H12N+. The molecule has 3 rings (SSSR count). The van der Waals surface area contributed by atoms with Gasteiger partial charge in [0.05, 0.1) is 12.8 Å². The Kier molecular flexibility index (Phi) is 1.34. The predicted octanol–water partition coefficient (Wildman–Crippen LogP) is 2.29. The van der Waals surface area contributed by atoms with Crippen molar-refractivity contribution in [3.63, 3.8) is 0 Å². The lowest BCUT2D eigenvalue weighted by molar-refractivity contribution is 0.244. The van der Waals surface area contributed by atoms with Crippen LogP contribution in [0.15, 0.2) is 0 Å². The van der Waals surface area contributed by atoms with Crippen molar-refractivity contribution in [1.29, 1.82) is 5.26 Å². The first-order valence-corrected chi connectivity index (χ1v) is 4.14. The van der Waals surface area contributed by atoms with Gasteiger partial charge in [-0.2, -0.15) is 5.26 Å². The summed E-state index contributed by atoms with van der Waals surface area (Å²) in [5.41, 5.74) is 0. The van der Waals surface area contributed by atoms with E-state index in [1.165, 1.54) is 32.1 Å². The maximum absolute atomic E-state index is 8.74. The quantitative estimate of drug-likeness (QED) is 0.466. The molecule has 0 saturated heterocycles.